The molecule has 0 spiro atoms. The van der Waals surface area contributed by atoms with Crippen LogP contribution in [0.25, 0.3) is 11.0 Å². The number of nitrogens with zero attached hydrogens (tertiary/aromatic N) is 2. The lowest BCUT2D eigenvalue weighted by atomic mass is 10.1. The lowest BCUT2D eigenvalue weighted by molar-refractivity contribution is -0.138. The monoisotopic (exact) mass is 247 g/mol. The molecule has 0 saturated heterocycles. The van der Waals surface area contributed by atoms with Crippen LogP contribution in [0.1, 0.15) is 17.3 Å². The van der Waals surface area contributed by atoms with E-state index in [0.717, 1.165) is 5.52 Å². The van der Waals surface area contributed by atoms with Gasteiger partial charge in [-0.3, -0.25) is 9.59 Å². The van der Waals surface area contributed by atoms with Gasteiger partial charge in [-0.25, -0.2) is 4.98 Å². The van der Waals surface area contributed by atoms with Crippen molar-refractivity contribution in [3.05, 3.63) is 30.1 Å². The van der Waals surface area contributed by atoms with Crippen molar-refractivity contribution in [1.29, 1.82) is 0 Å². The van der Waals surface area contributed by atoms with Crippen LogP contribution in [0.5, 0.6) is 0 Å². The van der Waals surface area contributed by atoms with Gasteiger partial charge in [0.15, 0.2) is 0 Å². The Kier molecular flexibility index (Phi) is 3.01. The highest BCUT2D eigenvalue weighted by molar-refractivity contribution is 5.99. The molecule has 0 aliphatic rings. The summed E-state index contributed by atoms with van der Waals surface area (Å²) in [6.07, 6.45) is 1.66. The van der Waals surface area contributed by atoms with Crippen LogP contribution < -0.4 is 5.32 Å². The molecule has 18 heavy (non-hydrogen) atoms. The Morgan fingerprint density at radius 2 is 2.17 bits per heavy atom. The molecule has 1 aromatic carbocycles. The van der Waals surface area contributed by atoms with Crippen LogP contribution in [0.15, 0.2) is 24.5 Å². The second-order valence-electron chi connectivity index (χ2n) is 4.09. The highest BCUT2D eigenvalue weighted by atomic mass is 16.4. The maximum atomic E-state index is 11.8. The van der Waals surface area contributed by atoms with Gasteiger partial charge in [0.05, 0.1) is 17.4 Å². The maximum Gasteiger partial charge on any atom is 0.325 e. The number of amides is 1. The molecule has 2 N–H and O–H groups in total. The first-order valence-corrected chi connectivity index (χ1v) is 5.44. The van der Waals surface area contributed by atoms with Gasteiger partial charge in [-0.2, -0.15) is 0 Å². The fourth-order valence-corrected chi connectivity index (χ4v) is 1.62. The number of imidazole rings is 1. The number of carbonyl (C=O) groups is 2. The third-order valence-electron chi connectivity index (χ3n) is 2.71. The molecule has 0 fully saturated rings. The highest BCUT2D eigenvalue weighted by Crippen LogP contribution is 2.13. The Bertz CT molecular complexity index is 618. The fourth-order valence-electron chi connectivity index (χ4n) is 1.62. The first kappa shape index (κ1) is 12.1. The van der Waals surface area contributed by atoms with Crippen LogP contribution in [0.3, 0.4) is 0 Å². The number of benzene rings is 1. The van der Waals surface area contributed by atoms with E-state index in [-0.39, 0.29) is 0 Å². The van der Waals surface area contributed by atoms with E-state index >= 15 is 0 Å². The van der Waals surface area contributed by atoms with E-state index in [9.17, 15) is 9.59 Å². The van der Waals surface area contributed by atoms with E-state index in [2.05, 4.69) is 10.3 Å². The zero-order valence-corrected chi connectivity index (χ0v) is 10.0. The molecule has 6 nitrogen and oxygen atoms in total. The Morgan fingerprint density at radius 3 is 2.83 bits per heavy atom. The molecule has 0 bridgehead atoms. The first-order valence-electron chi connectivity index (χ1n) is 5.44. The third kappa shape index (κ3) is 2.17. The molecule has 2 rings (SSSR count). The summed E-state index contributed by atoms with van der Waals surface area (Å²) in [5, 5.41) is 11.1. The number of carboxylic acid groups (broad SMARTS) is 1. The van der Waals surface area contributed by atoms with Crippen LogP contribution in [0.4, 0.5) is 0 Å². The normalized spacial score (nSPS) is 12.3. The Hall–Kier alpha value is -2.37. The maximum absolute atomic E-state index is 11.8. The number of aryl methyl sites for hydroxylation is 1. The molecule has 0 aliphatic carbocycles. The number of carboxylic acids is 1. The smallest absolute Gasteiger partial charge is 0.325 e. The van der Waals surface area contributed by atoms with Crippen molar-refractivity contribution in [1.82, 2.24) is 14.9 Å². The molecular weight excluding hydrogens is 234 g/mol. The lowest BCUT2D eigenvalue weighted by Gasteiger charge is -2.09. The third-order valence-corrected chi connectivity index (χ3v) is 2.71. The van der Waals surface area contributed by atoms with Gasteiger partial charge in [0.1, 0.15) is 6.04 Å². The molecule has 0 saturated carbocycles. The van der Waals surface area contributed by atoms with E-state index in [1.807, 2.05) is 11.6 Å². The average Bonchev–Trinajstić information content (AvgIpc) is 2.70. The summed E-state index contributed by atoms with van der Waals surface area (Å²) in [6, 6.07) is 4.15. The SMILES string of the molecule is CC(NC(=O)c1ccc2c(c1)ncn2C)C(=O)O. The van der Waals surface area contributed by atoms with Gasteiger partial charge in [0, 0.05) is 12.6 Å². The summed E-state index contributed by atoms with van der Waals surface area (Å²) in [5.74, 6) is -1.49. The van der Waals surface area contributed by atoms with Gasteiger partial charge in [0.25, 0.3) is 5.91 Å². The summed E-state index contributed by atoms with van der Waals surface area (Å²) in [6.45, 7) is 1.42. The largest absolute Gasteiger partial charge is 0.480 e. The summed E-state index contributed by atoms with van der Waals surface area (Å²) in [5.41, 5.74) is 2.01. The minimum absolute atomic E-state index is 0.398. The van der Waals surface area contributed by atoms with Gasteiger partial charge < -0.3 is 15.0 Å². The molecule has 1 unspecified atom stereocenters. The van der Waals surface area contributed by atoms with Crippen molar-refractivity contribution < 1.29 is 14.7 Å². The van der Waals surface area contributed by atoms with Crippen LogP contribution in [0.2, 0.25) is 0 Å². The van der Waals surface area contributed by atoms with Crippen LogP contribution >= 0.6 is 0 Å². The second kappa shape index (κ2) is 4.48. The Morgan fingerprint density at radius 1 is 1.44 bits per heavy atom. The number of aromatic nitrogens is 2. The van der Waals surface area contributed by atoms with Gasteiger partial charge in [-0.15, -0.1) is 0 Å². The summed E-state index contributed by atoms with van der Waals surface area (Å²) in [4.78, 5) is 26.6. The van der Waals surface area contributed by atoms with Crippen molar-refractivity contribution in [3.8, 4) is 0 Å². The minimum atomic E-state index is -1.07. The van der Waals surface area contributed by atoms with E-state index in [0.29, 0.717) is 11.1 Å². The van der Waals surface area contributed by atoms with Crippen molar-refractivity contribution >= 4 is 22.9 Å². The highest BCUT2D eigenvalue weighted by Gasteiger charge is 2.15. The second-order valence-corrected chi connectivity index (χ2v) is 4.09. The topological polar surface area (TPSA) is 84.2 Å². The average molecular weight is 247 g/mol. The van der Waals surface area contributed by atoms with Crippen molar-refractivity contribution in [2.24, 2.45) is 7.05 Å². The quantitative estimate of drug-likeness (QED) is 0.839. The van der Waals surface area contributed by atoms with Crippen molar-refractivity contribution in [2.75, 3.05) is 0 Å². The number of aliphatic carboxylic acids is 1. The van der Waals surface area contributed by atoms with Gasteiger partial charge in [-0.1, -0.05) is 0 Å². The lowest BCUT2D eigenvalue weighted by Crippen LogP contribution is -2.38. The molecule has 2 aromatic rings. The van der Waals surface area contributed by atoms with Gasteiger partial charge in [-0.05, 0) is 25.1 Å². The zero-order valence-electron chi connectivity index (χ0n) is 10.0. The molecule has 6 heteroatoms. The summed E-state index contributed by atoms with van der Waals surface area (Å²) >= 11 is 0. The zero-order chi connectivity index (χ0) is 13.3. The van der Waals surface area contributed by atoms with E-state index < -0.39 is 17.9 Å². The molecule has 0 aliphatic heterocycles. The molecule has 1 atom stereocenters. The molecule has 1 heterocycles. The number of nitrogens with one attached hydrogen (secondary N) is 1. The molecule has 0 radical (unpaired) electrons. The Labute approximate surface area is 103 Å². The van der Waals surface area contributed by atoms with Crippen molar-refractivity contribution in [3.63, 3.8) is 0 Å². The molecular formula is C12H13N3O3. The van der Waals surface area contributed by atoms with Crippen LogP contribution in [-0.2, 0) is 11.8 Å². The number of hydrogen-bond acceptors (Lipinski definition) is 3. The molecule has 94 valence electrons. The minimum Gasteiger partial charge on any atom is -0.480 e. The summed E-state index contributed by atoms with van der Waals surface area (Å²) in [7, 11) is 1.86. The van der Waals surface area contributed by atoms with E-state index in [1.165, 1.54) is 6.92 Å². The van der Waals surface area contributed by atoms with E-state index in [1.54, 1.807) is 24.5 Å². The fraction of sp³-hybridized carbons (Fsp3) is 0.250. The van der Waals surface area contributed by atoms with Crippen molar-refractivity contribution in [2.45, 2.75) is 13.0 Å². The van der Waals surface area contributed by atoms with Gasteiger partial charge >= 0.3 is 5.97 Å². The first-order chi connectivity index (χ1) is 8.49. The predicted molar refractivity (Wildman–Crippen MR) is 65.3 cm³/mol. The molecule has 1 aromatic heterocycles. The number of carbonyl (C=O) groups excluding carboxylic acids is 1. The van der Waals surface area contributed by atoms with Crippen LogP contribution in [-0.4, -0.2) is 32.6 Å². The van der Waals surface area contributed by atoms with Gasteiger partial charge in [0.2, 0.25) is 0 Å². The standard InChI is InChI=1S/C12H13N3O3/c1-7(12(17)18)14-11(16)8-3-4-10-9(5-8)13-6-15(10)2/h3-7H,1-2H3,(H,14,16)(H,17,18). The Balaban J connectivity index is 2.25. The predicted octanol–water partition coefficient (Wildman–Crippen LogP) is 0.776. The number of rotatable bonds is 3. The number of fused-ring (bicyclic) bond motifs is 1. The van der Waals surface area contributed by atoms with Crippen LogP contribution in [0, 0.1) is 0 Å². The number of hydrogen-bond donors (Lipinski definition) is 2. The van der Waals surface area contributed by atoms with E-state index in [4.69, 9.17) is 5.11 Å². The molecule has 1 amide bonds. The summed E-state index contributed by atoms with van der Waals surface area (Å²) < 4.78 is 1.84.